The molecule has 0 aromatic rings. The first-order chi connectivity index (χ1) is 4.50. The minimum Gasteiger partial charge on any atom is -0.0940 e. The second-order valence-electron chi connectivity index (χ2n) is 1.69. The first kappa shape index (κ1) is 7.19. The molecule has 2 unspecified atom stereocenters. The lowest BCUT2D eigenvalue weighted by Gasteiger charge is -1.86. The Balaban J connectivity index is 2.45. The quantitative estimate of drug-likeness (QED) is 0.473. The first-order valence-electron chi connectivity index (χ1n) is 2.95. The van der Waals surface area contributed by atoms with E-state index < -0.39 is 0 Å². The number of hydrogen-bond acceptors (Lipinski definition) is 0. The van der Waals surface area contributed by atoms with Crippen LogP contribution < -0.4 is 0 Å². The molecule has 1 aliphatic rings. The van der Waals surface area contributed by atoms with E-state index in [0.717, 1.165) is 17.2 Å². The van der Waals surface area contributed by atoms with Gasteiger partial charge in [0.25, 0.3) is 0 Å². The normalized spacial score (nSPS) is 34.7. The smallest absolute Gasteiger partial charge is 0.0106 e. The lowest BCUT2D eigenvalue weighted by Crippen LogP contribution is -1.49. The summed E-state index contributed by atoms with van der Waals surface area (Å²) >= 11 is 0. The highest BCUT2D eigenvalue weighted by molar-refractivity contribution is 7.59. The van der Waals surface area contributed by atoms with Gasteiger partial charge in [-0.25, -0.2) is 0 Å². The molecule has 0 aromatic heterocycles. The maximum atomic E-state index is 2.25. The van der Waals surface area contributed by atoms with Gasteiger partial charge in [-0.2, -0.15) is 0 Å². The summed E-state index contributed by atoms with van der Waals surface area (Å²) in [5.41, 5.74) is 0. The molecule has 2 heteroatoms. The highest BCUT2D eigenvalue weighted by Gasteiger charge is 1.78. The fourth-order valence-corrected chi connectivity index (χ4v) is 2.46. The van der Waals surface area contributed by atoms with Gasteiger partial charge in [-0.05, 0) is 5.90 Å². The molecule has 0 amide bonds. The van der Waals surface area contributed by atoms with Crippen molar-refractivity contribution >= 4 is 17.2 Å². The van der Waals surface area contributed by atoms with Crippen LogP contribution in [-0.2, 0) is 0 Å². The average Bonchev–Trinajstić information content (AvgIpc) is 2.00. The van der Waals surface area contributed by atoms with Crippen molar-refractivity contribution in [3.05, 3.63) is 35.9 Å². The van der Waals surface area contributed by atoms with E-state index in [1.54, 1.807) is 0 Å². The second kappa shape index (κ2) is 4.91. The third-order valence-corrected chi connectivity index (χ3v) is 3.45. The van der Waals surface area contributed by atoms with E-state index >= 15 is 0 Å². The van der Waals surface area contributed by atoms with E-state index in [2.05, 4.69) is 35.9 Å². The summed E-state index contributed by atoms with van der Waals surface area (Å²) < 4.78 is 0. The summed E-state index contributed by atoms with van der Waals surface area (Å²) in [4.78, 5) is 0. The molecule has 1 heterocycles. The van der Waals surface area contributed by atoms with Crippen LogP contribution in [0.15, 0.2) is 35.9 Å². The Hall–Kier alpha value is 0.0800. The van der Waals surface area contributed by atoms with Crippen molar-refractivity contribution in [2.75, 3.05) is 5.90 Å². The van der Waals surface area contributed by atoms with Gasteiger partial charge in [0.15, 0.2) is 0 Å². The Morgan fingerprint density at radius 2 is 1.33 bits per heavy atom. The van der Waals surface area contributed by atoms with Crippen LogP contribution in [0.25, 0.3) is 0 Å². The molecule has 0 spiro atoms. The molecule has 0 nitrogen and oxygen atoms in total. The molecule has 0 N–H and O–H groups in total. The first-order valence-corrected chi connectivity index (χ1v) is 5.52. The topological polar surface area (TPSA) is 0 Å². The van der Waals surface area contributed by atoms with E-state index in [0.29, 0.717) is 0 Å². The van der Waals surface area contributed by atoms with Crippen molar-refractivity contribution in [3.63, 3.8) is 0 Å². The zero-order valence-corrected chi connectivity index (χ0v) is 7.17. The molecule has 0 aliphatic carbocycles. The Labute approximate surface area is 59.7 Å². The van der Waals surface area contributed by atoms with Crippen molar-refractivity contribution in [2.45, 2.75) is 0 Å². The molecule has 0 fully saturated rings. The average molecular weight is 156 g/mol. The Morgan fingerprint density at radius 1 is 0.778 bits per heavy atom. The third-order valence-electron chi connectivity index (χ3n) is 0.966. The fraction of sp³-hybridized carbons (Fsp3) is 0.143. The maximum Gasteiger partial charge on any atom is -0.0106 e. The predicted molar refractivity (Wildman–Crippen MR) is 48.9 cm³/mol. The monoisotopic (exact) mass is 156 g/mol. The van der Waals surface area contributed by atoms with E-state index in [1.807, 2.05) is 0 Å². The Morgan fingerprint density at radius 3 is 1.89 bits per heavy atom. The predicted octanol–water partition coefficient (Wildman–Crippen LogP) is 2.90. The van der Waals surface area contributed by atoms with Gasteiger partial charge < -0.3 is 0 Å². The van der Waals surface area contributed by atoms with Gasteiger partial charge in [-0.15, -0.1) is 0 Å². The van der Waals surface area contributed by atoms with E-state index in [-0.39, 0.29) is 0 Å². The van der Waals surface area contributed by atoms with Crippen LogP contribution in [0.4, 0.5) is 0 Å². The van der Waals surface area contributed by atoms with Gasteiger partial charge in [0.1, 0.15) is 0 Å². The SMILES string of the molecule is C1=C\C=C/PCP\C=C/1. The Kier molecular flexibility index (Phi) is 3.92. The van der Waals surface area contributed by atoms with Crippen molar-refractivity contribution in [1.82, 2.24) is 0 Å². The van der Waals surface area contributed by atoms with Crippen molar-refractivity contribution in [3.8, 4) is 0 Å². The summed E-state index contributed by atoms with van der Waals surface area (Å²) in [6, 6.07) is 0. The van der Waals surface area contributed by atoms with Crippen LogP contribution in [-0.4, -0.2) is 5.90 Å². The molecule has 0 saturated heterocycles. The fourth-order valence-electron chi connectivity index (χ4n) is 0.552. The number of hydrogen-bond donors (Lipinski definition) is 0. The molecular formula is C7H10P2. The molecule has 1 rings (SSSR count). The number of allylic oxidation sites excluding steroid dienone is 4. The van der Waals surface area contributed by atoms with Gasteiger partial charge in [0.05, 0.1) is 0 Å². The molecule has 0 bridgehead atoms. The van der Waals surface area contributed by atoms with E-state index in [4.69, 9.17) is 0 Å². The Bertz CT molecular complexity index is 129. The van der Waals surface area contributed by atoms with Crippen LogP contribution in [0.5, 0.6) is 0 Å². The molecule has 2 atom stereocenters. The number of rotatable bonds is 0. The molecule has 9 heavy (non-hydrogen) atoms. The lowest BCUT2D eigenvalue weighted by atomic mass is 10.5. The molecule has 0 aromatic carbocycles. The highest BCUT2D eigenvalue weighted by Crippen LogP contribution is 2.26. The van der Waals surface area contributed by atoms with E-state index in [1.165, 1.54) is 5.90 Å². The van der Waals surface area contributed by atoms with Gasteiger partial charge in [0.2, 0.25) is 0 Å². The largest absolute Gasteiger partial charge is 0.0940 e. The second-order valence-corrected chi connectivity index (χ2v) is 4.59. The highest BCUT2D eigenvalue weighted by atomic mass is 31.1. The zero-order valence-electron chi connectivity index (χ0n) is 5.17. The summed E-state index contributed by atoms with van der Waals surface area (Å²) in [6.07, 6.45) is 8.41. The molecular weight excluding hydrogens is 146 g/mol. The van der Waals surface area contributed by atoms with Gasteiger partial charge in [0, 0.05) is 0 Å². The van der Waals surface area contributed by atoms with Crippen molar-refractivity contribution in [2.24, 2.45) is 0 Å². The summed E-state index contributed by atoms with van der Waals surface area (Å²) in [6.45, 7) is 0. The minimum atomic E-state index is 1.02. The molecule has 48 valence electrons. The van der Waals surface area contributed by atoms with Crippen LogP contribution in [0.1, 0.15) is 0 Å². The van der Waals surface area contributed by atoms with Gasteiger partial charge in [-0.3, -0.25) is 0 Å². The van der Waals surface area contributed by atoms with Crippen molar-refractivity contribution < 1.29 is 0 Å². The van der Waals surface area contributed by atoms with Gasteiger partial charge >= 0.3 is 0 Å². The molecule has 0 radical (unpaired) electrons. The lowest BCUT2D eigenvalue weighted by molar-refractivity contribution is 1.96. The minimum absolute atomic E-state index is 1.02. The molecule has 1 aliphatic heterocycles. The van der Waals surface area contributed by atoms with Crippen LogP contribution in [0.2, 0.25) is 0 Å². The zero-order chi connectivity index (χ0) is 6.36. The summed E-state index contributed by atoms with van der Waals surface area (Å²) in [5.74, 6) is 5.84. The third kappa shape index (κ3) is 3.62. The standard InChI is InChI=1S/C7H10P2/c1-2-4-6-9-7-8-5-3-1/h1-6,8-9H,7H2/b2-1-,5-3-,6-4-. The summed E-state index contributed by atoms with van der Waals surface area (Å²) in [7, 11) is 2.03. The van der Waals surface area contributed by atoms with Crippen LogP contribution >= 0.6 is 17.2 Å². The van der Waals surface area contributed by atoms with Gasteiger partial charge in [-0.1, -0.05) is 53.1 Å². The molecule has 0 saturated carbocycles. The van der Waals surface area contributed by atoms with E-state index in [9.17, 15) is 0 Å². The summed E-state index contributed by atoms with van der Waals surface area (Å²) in [5, 5.41) is 0. The van der Waals surface area contributed by atoms with Crippen molar-refractivity contribution in [1.29, 1.82) is 0 Å². The maximum absolute atomic E-state index is 2.25. The van der Waals surface area contributed by atoms with Crippen LogP contribution in [0.3, 0.4) is 0 Å². The van der Waals surface area contributed by atoms with Crippen LogP contribution in [0, 0.1) is 0 Å².